The Kier molecular flexibility index (Phi) is 7.40. The second kappa shape index (κ2) is 11.0. The molecule has 42 heavy (non-hydrogen) atoms. The number of benzene rings is 4. The molecular weight excluding hydrogens is 581 g/mol. The first-order chi connectivity index (χ1) is 19.9. The maximum absolute atomic E-state index is 13.2. The van der Waals surface area contributed by atoms with Crippen molar-refractivity contribution in [3.63, 3.8) is 0 Å². The van der Waals surface area contributed by atoms with Crippen LogP contribution in [0.25, 0.3) is 0 Å². The molecule has 1 aliphatic rings. The molecule has 5 rings (SSSR count). The van der Waals surface area contributed by atoms with E-state index in [2.05, 4.69) is 0 Å². The summed E-state index contributed by atoms with van der Waals surface area (Å²) in [5, 5.41) is 10.6. The van der Waals surface area contributed by atoms with E-state index in [4.69, 9.17) is 21.1 Å². The van der Waals surface area contributed by atoms with Crippen LogP contribution in [0, 0.1) is 10.1 Å². The van der Waals surface area contributed by atoms with E-state index in [1.54, 1.807) is 24.3 Å². The SMILES string of the molecule is O=C(OCc1cccc(Oc2ccc([N+](=O)[O-])cc2)c1)c1ccc2c(c1)C(=O)N(c1cc(C(F)(F)F)ccc1Cl)C2=O. The monoisotopic (exact) mass is 596 g/mol. The van der Waals surface area contributed by atoms with Crippen LogP contribution >= 0.6 is 11.6 Å². The number of hydrogen-bond donors (Lipinski definition) is 0. The van der Waals surface area contributed by atoms with E-state index < -0.39 is 40.1 Å². The van der Waals surface area contributed by atoms with Crippen LogP contribution in [0.4, 0.5) is 24.5 Å². The van der Waals surface area contributed by atoms with Gasteiger partial charge >= 0.3 is 12.1 Å². The minimum Gasteiger partial charge on any atom is -0.457 e. The Balaban J connectivity index is 1.29. The van der Waals surface area contributed by atoms with Crippen LogP contribution in [0.1, 0.15) is 42.2 Å². The zero-order valence-corrected chi connectivity index (χ0v) is 21.8. The lowest BCUT2D eigenvalue weighted by Crippen LogP contribution is -2.30. The fourth-order valence-corrected chi connectivity index (χ4v) is 4.35. The highest BCUT2D eigenvalue weighted by Gasteiger charge is 2.40. The van der Waals surface area contributed by atoms with Gasteiger partial charge in [-0.05, 0) is 66.2 Å². The van der Waals surface area contributed by atoms with Crippen LogP contribution in [0.2, 0.25) is 5.02 Å². The number of carbonyl (C=O) groups is 3. The number of halogens is 4. The maximum Gasteiger partial charge on any atom is 0.416 e. The van der Waals surface area contributed by atoms with E-state index in [1.807, 2.05) is 0 Å². The number of non-ortho nitro benzene ring substituents is 1. The van der Waals surface area contributed by atoms with Crippen LogP contribution in [0.5, 0.6) is 11.5 Å². The number of anilines is 1. The number of carbonyl (C=O) groups excluding carboxylic acids is 3. The molecule has 13 heteroatoms. The molecule has 0 spiro atoms. The number of nitro benzene ring substituents is 1. The topological polar surface area (TPSA) is 116 Å². The maximum atomic E-state index is 13.2. The van der Waals surface area contributed by atoms with Gasteiger partial charge in [0.2, 0.25) is 0 Å². The van der Waals surface area contributed by atoms with Gasteiger partial charge in [0, 0.05) is 12.1 Å². The largest absolute Gasteiger partial charge is 0.457 e. The van der Waals surface area contributed by atoms with Crippen molar-refractivity contribution in [3.05, 3.63) is 128 Å². The average molecular weight is 597 g/mol. The van der Waals surface area contributed by atoms with E-state index in [-0.39, 0.29) is 34.0 Å². The van der Waals surface area contributed by atoms with Gasteiger partial charge in [-0.25, -0.2) is 9.69 Å². The number of rotatable bonds is 7. The normalized spacial score (nSPS) is 12.7. The highest BCUT2D eigenvalue weighted by Crippen LogP contribution is 2.38. The number of nitrogens with zero attached hydrogens (tertiary/aromatic N) is 2. The highest BCUT2D eigenvalue weighted by atomic mass is 35.5. The fraction of sp³-hybridized carbons (Fsp3) is 0.0690. The molecule has 0 bridgehead atoms. The second-order valence-electron chi connectivity index (χ2n) is 8.95. The molecule has 4 aromatic rings. The first-order valence-electron chi connectivity index (χ1n) is 12.0. The molecule has 1 heterocycles. The number of nitro groups is 1. The highest BCUT2D eigenvalue weighted by molar-refractivity contribution is 6.40. The Hall–Kier alpha value is -5.23. The average Bonchev–Trinajstić information content (AvgIpc) is 3.20. The number of amides is 2. The van der Waals surface area contributed by atoms with Gasteiger partial charge in [-0.15, -0.1) is 0 Å². The molecule has 0 unspecified atom stereocenters. The molecule has 212 valence electrons. The van der Waals surface area contributed by atoms with Gasteiger partial charge in [0.25, 0.3) is 17.5 Å². The number of imide groups is 1. The Bertz CT molecular complexity index is 1760. The van der Waals surface area contributed by atoms with Crippen molar-refractivity contribution in [2.75, 3.05) is 4.90 Å². The van der Waals surface area contributed by atoms with Crippen LogP contribution in [0.3, 0.4) is 0 Å². The van der Waals surface area contributed by atoms with Crippen LogP contribution in [-0.2, 0) is 17.5 Å². The summed E-state index contributed by atoms with van der Waals surface area (Å²) in [4.78, 5) is 49.6. The van der Waals surface area contributed by atoms with Crippen molar-refractivity contribution in [2.45, 2.75) is 12.8 Å². The van der Waals surface area contributed by atoms with Crippen LogP contribution in [0.15, 0.2) is 84.9 Å². The van der Waals surface area contributed by atoms with Gasteiger partial charge in [0.05, 0.1) is 37.9 Å². The lowest BCUT2D eigenvalue weighted by molar-refractivity contribution is -0.384. The Morgan fingerprint density at radius 3 is 2.29 bits per heavy atom. The third-order valence-electron chi connectivity index (χ3n) is 6.19. The molecule has 9 nitrogen and oxygen atoms in total. The van der Waals surface area contributed by atoms with Gasteiger partial charge < -0.3 is 9.47 Å². The number of esters is 1. The van der Waals surface area contributed by atoms with Gasteiger partial charge in [0.15, 0.2) is 0 Å². The van der Waals surface area contributed by atoms with E-state index in [9.17, 15) is 37.7 Å². The first-order valence-corrected chi connectivity index (χ1v) is 12.4. The quantitative estimate of drug-likeness (QED) is 0.0957. The molecule has 0 fully saturated rings. The summed E-state index contributed by atoms with van der Waals surface area (Å²) < 4.78 is 50.7. The minimum absolute atomic E-state index is 0.0647. The van der Waals surface area contributed by atoms with Crippen molar-refractivity contribution >= 4 is 40.8 Å². The van der Waals surface area contributed by atoms with E-state index in [0.717, 1.165) is 18.2 Å². The van der Waals surface area contributed by atoms with Crippen LogP contribution < -0.4 is 9.64 Å². The molecule has 0 saturated carbocycles. The summed E-state index contributed by atoms with van der Waals surface area (Å²) in [5.41, 5.74) is -1.44. The third kappa shape index (κ3) is 5.65. The summed E-state index contributed by atoms with van der Waals surface area (Å²) >= 11 is 6.03. The molecule has 0 radical (unpaired) electrons. The van der Waals surface area contributed by atoms with Gasteiger partial charge in [-0.1, -0.05) is 23.7 Å². The van der Waals surface area contributed by atoms with Crippen molar-refractivity contribution in [3.8, 4) is 11.5 Å². The lowest BCUT2D eigenvalue weighted by Gasteiger charge is -2.17. The number of hydrogen-bond acceptors (Lipinski definition) is 7. The first kappa shape index (κ1) is 28.3. The molecule has 0 saturated heterocycles. The van der Waals surface area contributed by atoms with Crippen molar-refractivity contribution < 1.29 is 42.0 Å². The summed E-state index contributed by atoms with van der Waals surface area (Å²) in [6.07, 6.45) is -4.73. The third-order valence-corrected chi connectivity index (χ3v) is 6.51. The zero-order chi connectivity index (χ0) is 30.2. The lowest BCUT2D eigenvalue weighted by atomic mass is 10.1. The standard InChI is InChI=1S/C29H16ClF3N2O7/c30-24-11-5-18(29(31,32)33)14-25(24)34-26(36)22-10-4-17(13-23(22)27(34)37)28(38)41-15-16-2-1-3-21(12-16)42-20-8-6-19(7-9-20)35(39)40/h1-14H,15H2. The summed E-state index contributed by atoms with van der Waals surface area (Å²) in [7, 11) is 0. The predicted molar refractivity (Wildman–Crippen MR) is 143 cm³/mol. The van der Waals surface area contributed by atoms with Gasteiger partial charge in [-0.2, -0.15) is 13.2 Å². The molecule has 2 amide bonds. The molecular formula is C29H16ClF3N2O7. The minimum atomic E-state index is -4.73. The van der Waals surface area contributed by atoms with Gasteiger partial charge in [0.1, 0.15) is 18.1 Å². The summed E-state index contributed by atoms with van der Waals surface area (Å²) in [6.45, 7) is -0.188. The smallest absolute Gasteiger partial charge is 0.416 e. The Morgan fingerprint density at radius 2 is 1.60 bits per heavy atom. The van der Waals surface area contributed by atoms with Crippen molar-refractivity contribution in [1.29, 1.82) is 0 Å². The van der Waals surface area contributed by atoms with E-state index in [0.29, 0.717) is 28.0 Å². The Labute approximate surface area is 239 Å². The summed E-state index contributed by atoms with van der Waals surface area (Å²) in [6, 6.07) is 17.9. The molecule has 0 N–H and O–H groups in total. The molecule has 1 aliphatic heterocycles. The predicted octanol–water partition coefficient (Wildman–Crippen LogP) is 7.22. The molecule has 0 aromatic heterocycles. The molecule has 4 aromatic carbocycles. The molecule has 0 aliphatic carbocycles. The second-order valence-corrected chi connectivity index (χ2v) is 9.35. The van der Waals surface area contributed by atoms with Crippen LogP contribution in [-0.4, -0.2) is 22.7 Å². The molecule has 0 atom stereocenters. The van der Waals surface area contributed by atoms with E-state index >= 15 is 0 Å². The summed E-state index contributed by atoms with van der Waals surface area (Å²) in [5.74, 6) is -1.92. The number of alkyl halides is 3. The number of ether oxygens (including phenoxy) is 2. The van der Waals surface area contributed by atoms with Crippen molar-refractivity contribution in [1.82, 2.24) is 0 Å². The fourth-order valence-electron chi connectivity index (χ4n) is 4.15. The number of fused-ring (bicyclic) bond motifs is 1. The van der Waals surface area contributed by atoms with E-state index in [1.165, 1.54) is 36.4 Å². The van der Waals surface area contributed by atoms with Crippen molar-refractivity contribution in [2.24, 2.45) is 0 Å². The zero-order valence-electron chi connectivity index (χ0n) is 21.1. The Morgan fingerprint density at radius 1 is 0.881 bits per heavy atom. The van der Waals surface area contributed by atoms with Gasteiger partial charge in [-0.3, -0.25) is 19.7 Å².